The van der Waals surface area contributed by atoms with Crippen LogP contribution < -0.4 is 0 Å². The van der Waals surface area contributed by atoms with Gasteiger partial charge in [0.15, 0.2) is 0 Å². The van der Waals surface area contributed by atoms with E-state index in [1.807, 2.05) is 26.0 Å². The maximum atomic E-state index is 9.74. The molecule has 0 aliphatic heterocycles. The Morgan fingerprint density at radius 2 is 1.93 bits per heavy atom. The summed E-state index contributed by atoms with van der Waals surface area (Å²) in [5, 5.41) is 20.0. The SMILES string of the molecule is CC(C)C(O)C(O)Cc1cccc(Cl)c1. The Kier molecular flexibility index (Phi) is 4.58. The molecule has 0 heterocycles. The molecule has 0 amide bonds. The second-order valence-corrected chi connectivity index (χ2v) is 4.57. The molecule has 0 saturated heterocycles. The van der Waals surface area contributed by atoms with Crippen LogP contribution in [0.1, 0.15) is 19.4 Å². The molecule has 0 saturated carbocycles. The van der Waals surface area contributed by atoms with E-state index in [2.05, 4.69) is 0 Å². The molecule has 0 fully saturated rings. The molecule has 0 aromatic heterocycles. The molecular weight excluding hydrogens is 212 g/mol. The topological polar surface area (TPSA) is 40.5 Å². The van der Waals surface area contributed by atoms with Crippen molar-refractivity contribution in [3.63, 3.8) is 0 Å². The third kappa shape index (κ3) is 3.82. The van der Waals surface area contributed by atoms with E-state index in [0.717, 1.165) is 5.56 Å². The first-order valence-electron chi connectivity index (χ1n) is 5.11. The summed E-state index contributed by atoms with van der Waals surface area (Å²) in [5.41, 5.74) is 0.940. The Balaban J connectivity index is 2.62. The van der Waals surface area contributed by atoms with Crippen molar-refractivity contribution in [3.05, 3.63) is 34.9 Å². The molecule has 15 heavy (non-hydrogen) atoms. The molecule has 0 spiro atoms. The maximum Gasteiger partial charge on any atom is 0.0841 e. The van der Waals surface area contributed by atoms with E-state index in [1.165, 1.54) is 0 Å². The zero-order valence-corrected chi connectivity index (χ0v) is 9.78. The summed E-state index contributed by atoms with van der Waals surface area (Å²) in [6.45, 7) is 3.76. The minimum atomic E-state index is -0.733. The highest BCUT2D eigenvalue weighted by molar-refractivity contribution is 6.30. The lowest BCUT2D eigenvalue weighted by molar-refractivity contribution is -0.00731. The predicted molar refractivity (Wildman–Crippen MR) is 62.0 cm³/mol. The van der Waals surface area contributed by atoms with E-state index >= 15 is 0 Å². The van der Waals surface area contributed by atoms with Crippen LogP contribution in [0, 0.1) is 5.92 Å². The second-order valence-electron chi connectivity index (χ2n) is 4.14. The summed E-state index contributed by atoms with van der Waals surface area (Å²) in [6.07, 6.45) is -0.993. The van der Waals surface area contributed by atoms with E-state index < -0.39 is 12.2 Å². The molecule has 2 N–H and O–H groups in total. The number of hydrogen-bond donors (Lipinski definition) is 2. The van der Waals surface area contributed by atoms with E-state index in [4.69, 9.17) is 11.6 Å². The fourth-order valence-electron chi connectivity index (χ4n) is 1.47. The van der Waals surface area contributed by atoms with Gasteiger partial charge in [0.05, 0.1) is 12.2 Å². The van der Waals surface area contributed by atoms with Crippen molar-refractivity contribution in [2.45, 2.75) is 32.5 Å². The fraction of sp³-hybridized carbons (Fsp3) is 0.500. The molecule has 3 heteroatoms. The van der Waals surface area contributed by atoms with Gasteiger partial charge in [0.2, 0.25) is 0 Å². The summed E-state index contributed by atoms with van der Waals surface area (Å²) >= 11 is 5.83. The molecule has 0 aliphatic rings. The summed E-state index contributed by atoms with van der Waals surface area (Å²) in [4.78, 5) is 0. The van der Waals surface area contributed by atoms with Crippen molar-refractivity contribution in [3.8, 4) is 0 Å². The summed E-state index contributed by atoms with van der Waals surface area (Å²) in [5.74, 6) is 0.0548. The zero-order chi connectivity index (χ0) is 11.4. The zero-order valence-electron chi connectivity index (χ0n) is 9.02. The van der Waals surface area contributed by atoms with Gasteiger partial charge in [-0.25, -0.2) is 0 Å². The van der Waals surface area contributed by atoms with Gasteiger partial charge in [-0.2, -0.15) is 0 Å². The van der Waals surface area contributed by atoms with Crippen molar-refractivity contribution in [2.24, 2.45) is 5.92 Å². The minimum absolute atomic E-state index is 0.0548. The van der Waals surface area contributed by atoms with Crippen LogP contribution >= 0.6 is 11.6 Å². The van der Waals surface area contributed by atoms with Crippen LogP contribution in [-0.4, -0.2) is 22.4 Å². The van der Waals surface area contributed by atoms with E-state index in [9.17, 15) is 10.2 Å². The van der Waals surface area contributed by atoms with Gasteiger partial charge in [-0.3, -0.25) is 0 Å². The lowest BCUT2D eigenvalue weighted by Crippen LogP contribution is -2.32. The molecule has 0 bridgehead atoms. The number of aliphatic hydroxyl groups is 2. The van der Waals surface area contributed by atoms with Gasteiger partial charge in [-0.15, -0.1) is 0 Å². The average Bonchev–Trinajstić information content (AvgIpc) is 2.16. The first-order valence-corrected chi connectivity index (χ1v) is 5.49. The number of hydrogen-bond acceptors (Lipinski definition) is 2. The number of aliphatic hydroxyl groups excluding tert-OH is 2. The molecule has 2 atom stereocenters. The van der Waals surface area contributed by atoms with Crippen LogP contribution in [0.25, 0.3) is 0 Å². The van der Waals surface area contributed by atoms with Gasteiger partial charge in [0.1, 0.15) is 0 Å². The quantitative estimate of drug-likeness (QED) is 0.830. The van der Waals surface area contributed by atoms with Crippen molar-refractivity contribution >= 4 is 11.6 Å². The van der Waals surface area contributed by atoms with E-state index in [1.54, 1.807) is 12.1 Å². The van der Waals surface area contributed by atoms with Crippen LogP contribution in [0.2, 0.25) is 5.02 Å². The second kappa shape index (κ2) is 5.50. The highest BCUT2D eigenvalue weighted by atomic mass is 35.5. The van der Waals surface area contributed by atoms with Gasteiger partial charge >= 0.3 is 0 Å². The van der Waals surface area contributed by atoms with Crippen LogP contribution in [0.3, 0.4) is 0 Å². The number of benzene rings is 1. The molecule has 2 nitrogen and oxygen atoms in total. The van der Waals surface area contributed by atoms with Crippen LogP contribution in [0.5, 0.6) is 0 Å². The van der Waals surface area contributed by atoms with Gasteiger partial charge < -0.3 is 10.2 Å². The fourth-order valence-corrected chi connectivity index (χ4v) is 1.68. The summed E-state index contributed by atoms with van der Waals surface area (Å²) < 4.78 is 0. The Morgan fingerprint density at radius 3 is 2.47 bits per heavy atom. The Morgan fingerprint density at radius 1 is 1.27 bits per heavy atom. The first-order chi connectivity index (χ1) is 7.00. The van der Waals surface area contributed by atoms with Gasteiger partial charge in [-0.1, -0.05) is 37.6 Å². The third-order valence-electron chi connectivity index (χ3n) is 2.41. The van der Waals surface area contributed by atoms with Gasteiger partial charge in [0.25, 0.3) is 0 Å². The minimum Gasteiger partial charge on any atom is -0.390 e. The Hall–Kier alpha value is -0.570. The van der Waals surface area contributed by atoms with Crippen molar-refractivity contribution in [2.75, 3.05) is 0 Å². The normalized spacial score (nSPS) is 15.3. The standard InChI is InChI=1S/C12H17ClO2/c1-8(2)12(15)11(14)7-9-4-3-5-10(13)6-9/h3-6,8,11-12,14-15H,7H2,1-2H3. The third-order valence-corrected chi connectivity index (χ3v) is 2.65. The largest absolute Gasteiger partial charge is 0.390 e. The predicted octanol–water partition coefficient (Wildman–Crippen LogP) is 2.26. The van der Waals surface area contributed by atoms with Crippen molar-refractivity contribution in [1.29, 1.82) is 0 Å². The molecule has 84 valence electrons. The molecule has 1 aromatic rings. The average molecular weight is 229 g/mol. The van der Waals surface area contributed by atoms with Crippen LogP contribution in [0.15, 0.2) is 24.3 Å². The number of rotatable bonds is 4. The van der Waals surface area contributed by atoms with E-state index in [-0.39, 0.29) is 5.92 Å². The maximum absolute atomic E-state index is 9.74. The van der Waals surface area contributed by atoms with E-state index in [0.29, 0.717) is 11.4 Å². The molecule has 1 aromatic carbocycles. The lowest BCUT2D eigenvalue weighted by atomic mass is 9.96. The molecule has 0 aliphatic carbocycles. The van der Waals surface area contributed by atoms with Gasteiger partial charge in [-0.05, 0) is 23.6 Å². The van der Waals surface area contributed by atoms with Crippen molar-refractivity contribution < 1.29 is 10.2 Å². The summed E-state index contributed by atoms with van der Waals surface area (Å²) in [6, 6.07) is 7.32. The molecule has 0 radical (unpaired) electrons. The summed E-state index contributed by atoms with van der Waals surface area (Å²) in [7, 11) is 0. The number of halogens is 1. The Bertz CT molecular complexity index is 312. The van der Waals surface area contributed by atoms with Crippen LogP contribution in [0.4, 0.5) is 0 Å². The molecular formula is C12H17ClO2. The first kappa shape index (κ1) is 12.5. The highest BCUT2D eigenvalue weighted by Crippen LogP contribution is 2.15. The smallest absolute Gasteiger partial charge is 0.0841 e. The van der Waals surface area contributed by atoms with Gasteiger partial charge in [0, 0.05) is 11.4 Å². The van der Waals surface area contributed by atoms with Crippen LogP contribution in [-0.2, 0) is 6.42 Å². The molecule has 1 rings (SSSR count). The van der Waals surface area contributed by atoms with Crippen molar-refractivity contribution in [1.82, 2.24) is 0 Å². The lowest BCUT2D eigenvalue weighted by Gasteiger charge is -2.21. The highest BCUT2D eigenvalue weighted by Gasteiger charge is 2.19. The molecule has 2 unspecified atom stereocenters. The monoisotopic (exact) mass is 228 g/mol. The Labute approximate surface area is 95.5 Å².